The average molecular weight is 262 g/mol. The number of carbonyl (C=O) groups is 1. The smallest absolute Gasteiger partial charge is 0.287 e. The summed E-state index contributed by atoms with van der Waals surface area (Å²) in [4.78, 5) is 11.6. The van der Waals surface area contributed by atoms with E-state index < -0.39 is 0 Å². The molecule has 0 radical (unpaired) electrons. The van der Waals surface area contributed by atoms with E-state index in [-0.39, 0.29) is 5.91 Å². The Labute approximate surface area is 111 Å². The number of hydrogen-bond donors (Lipinski definition) is 1. The van der Waals surface area contributed by atoms with Crippen LogP contribution in [0.15, 0.2) is 29.0 Å². The summed E-state index contributed by atoms with van der Waals surface area (Å²) < 4.78 is 6.80. The molecule has 0 saturated heterocycles. The largest absolute Gasteiger partial charge is 0.459 e. The van der Waals surface area contributed by atoms with E-state index in [0.717, 1.165) is 18.7 Å². The van der Waals surface area contributed by atoms with E-state index in [4.69, 9.17) is 4.42 Å². The van der Waals surface area contributed by atoms with Crippen LogP contribution in [0.1, 0.15) is 36.5 Å². The highest BCUT2D eigenvalue weighted by atomic mass is 16.3. The summed E-state index contributed by atoms with van der Waals surface area (Å²) in [5.41, 5.74) is 0.740. The predicted molar refractivity (Wildman–Crippen MR) is 69.4 cm³/mol. The lowest BCUT2D eigenvalue weighted by Gasteiger charge is -2.02. The summed E-state index contributed by atoms with van der Waals surface area (Å²) in [7, 11) is 0. The molecule has 1 amide bonds. The minimum atomic E-state index is -0.248. The molecule has 0 aliphatic heterocycles. The van der Waals surface area contributed by atoms with Gasteiger partial charge in [-0.3, -0.25) is 9.48 Å². The van der Waals surface area contributed by atoms with E-state index >= 15 is 0 Å². The molecule has 0 bridgehead atoms. The van der Waals surface area contributed by atoms with Crippen LogP contribution < -0.4 is 5.32 Å². The van der Waals surface area contributed by atoms with Crippen molar-refractivity contribution in [2.24, 2.45) is 5.92 Å². The number of aromatic nitrogens is 3. The van der Waals surface area contributed by atoms with Gasteiger partial charge in [-0.2, -0.15) is 0 Å². The van der Waals surface area contributed by atoms with Crippen LogP contribution in [0.25, 0.3) is 0 Å². The van der Waals surface area contributed by atoms with Crippen LogP contribution >= 0.6 is 0 Å². The minimum Gasteiger partial charge on any atom is -0.459 e. The number of rotatable bonds is 6. The van der Waals surface area contributed by atoms with Gasteiger partial charge in [-0.15, -0.1) is 5.10 Å². The third-order valence-corrected chi connectivity index (χ3v) is 2.70. The van der Waals surface area contributed by atoms with Crippen molar-refractivity contribution >= 4 is 5.91 Å². The molecule has 2 heterocycles. The number of furan rings is 1. The first-order chi connectivity index (χ1) is 9.15. The summed E-state index contributed by atoms with van der Waals surface area (Å²) in [6.45, 7) is 5.53. The van der Waals surface area contributed by atoms with Crippen LogP contribution in [0.3, 0.4) is 0 Å². The molecule has 0 saturated carbocycles. The molecule has 0 atom stereocenters. The first-order valence-electron chi connectivity index (χ1n) is 6.36. The number of amides is 1. The SMILES string of the molecule is CC(C)CCn1cc(CNC(=O)c2ccco2)nn1. The monoisotopic (exact) mass is 262 g/mol. The fourth-order valence-electron chi connectivity index (χ4n) is 1.58. The molecule has 0 fully saturated rings. The van der Waals surface area contributed by atoms with Crippen LogP contribution in [-0.2, 0) is 13.1 Å². The van der Waals surface area contributed by atoms with Crippen molar-refractivity contribution in [3.63, 3.8) is 0 Å². The van der Waals surface area contributed by atoms with Gasteiger partial charge in [-0.1, -0.05) is 19.1 Å². The van der Waals surface area contributed by atoms with Gasteiger partial charge in [0.05, 0.1) is 19.0 Å². The zero-order valence-corrected chi connectivity index (χ0v) is 11.2. The number of carbonyl (C=O) groups excluding carboxylic acids is 1. The number of hydrogen-bond acceptors (Lipinski definition) is 4. The average Bonchev–Trinajstić information content (AvgIpc) is 3.04. The number of nitrogens with one attached hydrogen (secondary N) is 1. The third kappa shape index (κ3) is 3.94. The molecule has 2 rings (SSSR count). The maximum atomic E-state index is 11.6. The van der Waals surface area contributed by atoms with E-state index in [1.807, 2.05) is 6.20 Å². The second-order valence-corrected chi connectivity index (χ2v) is 4.82. The molecule has 0 aromatic carbocycles. The van der Waals surface area contributed by atoms with E-state index in [1.165, 1.54) is 6.26 Å². The molecule has 0 aliphatic rings. The molecule has 2 aromatic rings. The Balaban J connectivity index is 1.82. The molecule has 6 nitrogen and oxygen atoms in total. The third-order valence-electron chi connectivity index (χ3n) is 2.70. The summed E-state index contributed by atoms with van der Waals surface area (Å²) >= 11 is 0. The van der Waals surface area contributed by atoms with Crippen LogP contribution in [0.5, 0.6) is 0 Å². The van der Waals surface area contributed by atoms with E-state index in [1.54, 1.807) is 16.8 Å². The van der Waals surface area contributed by atoms with Crippen molar-refractivity contribution in [1.29, 1.82) is 0 Å². The van der Waals surface area contributed by atoms with Gasteiger partial charge in [-0.25, -0.2) is 0 Å². The molecule has 0 unspecified atom stereocenters. The van der Waals surface area contributed by atoms with Gasteiger partial charge in [0.15, 0.2) is 5.76 Å². The van der Waals surface area contributed by atoms with Crippen LogP contribution in [0.4, 0.5) is 0 Å². The fourth-order valence-corrected chi connectivity index (χ4v) is 1.58. The Morgan fingerprint density at radius 2 is 2.37 bits per heavy atom. The van der Waals surface area contributed by atoms with Gasteiger partial charge in [0.2, 0.25) is 0 Å². The summed E-state index contributed by atoms with van der Waals surface area (Å²) in [5, 5.41) is 10.8. The van der Waals surface area contributed by atoms with Gasteiger partial charge >= 0.3 is 0 Å². The fraction of sp³-hybridized carbons (Fsp3) is 0.462. The van der Waals surface area contributed by atoms with Crippen LogP contribution in [-0.4, -0.2) is 20.9 Å². The van der Waals surface area contributed by atoms with Gasteiger partial charge in [0.1, 0.15) is 5.69 Å². The number of aryl methyl sites for hydroxylation is 1. The second-order valence-electron chi connectivity index (χ2n) is 4.82. The van der Waals surface area contributed by atoms with Crippen molar-refractivity contribution in [1.82, 2.24) is 20.3 Å². The molecule has 2 aromatic heterocycles. The van der Waals surface area contributed by atoms with Crippen LogP contribution in [0, 0.1) is 5.92 Å². The highest BCUT2D eigenvalue weighted by molar-refractivity contribution is 5.91. The van der Waals surface area contributed by atoms with Gasteiger partial charge < -0.3 is 9.73 Å². The highest BCUT2D eigenvalue weighted by Crippen LogP contribution is 2.03. The lowest BCUT2D eigenvalue weighted by molar-refractivity contribution is 0.0922. The second kappa shape index (κ2) is 6.17. The first-order valence-corrected chi connectivity index (χ1v) is 6.36. The quantitative estimate of drug-likeness (QED) is 0.862. The van der Waals surface area contributed by atoms with Crippen LogP contribution in [0.2, 0.25) is 0 Å². The molecule has 0 aliphatic carbocycles. The topological polar surface area (TPSA) is 73.0 Å². The zero-order valence-electron chi connectivity index (χ0n) is 11.2. The Morgan fingerprint density at radius 1 is 1.53 bits per heavy atom. The maximum absolute atomic E-state index is 11.6. The molecule has 6 heteroatoms. The van der Waals surface area contributed by atoms with Crippen molar-refractivity contribution in [3.8, 4) is 0 Å². The lowest BCUT2D eigenvalue weighted by Crippen LogP contribution is -2.22. The van der Waals surface area contributed by atoms with Crippen molar-refractivity contribution in [2.75, 3.05) is 0 Å². The maximum Gasteiger partial charge on any atom is 0.287 e. The lowest BCUT2D eigenvalue weighted by atomic mass is 10.1. The normalized spacial score (nSPS) is 10.9. The highest BCUT2D eigenvalue weighted by Gasteiger charge is 2.09. The molecule has 19 heavy (non-hydrogen) atoms. The van der Waals surface area contributed by atoms with Crippen molar-refractivity contribution in [3.05, 3.63) is 36.0 Å². The summed E-state index contributed by atoms with van der Waals surface area (Å²) in [5.74, 6) is 0.681. The van der Waals surface area contributed by atoms with Gasteiger partial charge in [0.25, 0.3) is 5.91 Å². The van der Waals surface area contributed by atoms with E-state index in [0.29, 0.717) is 18.2 Å². The number of nitrogens with zero attached hydrogens (tertiary/aromatic N) is 3. The predicted octanol–water partition coefficient (Wildman–Crippen LogP) is 1.85. The van der Waals surface area contributed by atoms with E-state index in [9.17, 15) is 4.79 Å². The first kappa shape index (κ1) is 13.3. The Bertz CT molecular complexity index is 516. The standard InChI is InChI=1S/C13H18N4O2/c1-10(2)5-6-17-9-11(15-16-17)8-14-13(18)12-4-3-7-19-12/h3-4,7,9-10H,5-6,8H2,1-2H3,(H,14,18). The molecule has 0 spiro atoms. The Hall–Kier alpha value is -2.11. The summed E-state index contributed by atoms with van der Waals surface area (Å²) in [6.07, 6.45) is 4.38. The van der Waals surface area contributed by atoms with Crippen molar-refractivity contribution in [2.45, 2.75) is 33.4 Å². The van der Waals surface area contributed by atoms with Crippen molar-refractivity contribution < 1.29 is 9.21 Å². The molecule has 1 N–H and O–H groups in total. The molecular formula is C13H18N4O2. The zero-order chi connectivity index (χ0) is 13.7. The molecule has 102 valence electrons. The van der Waals surface area contributed by atoms with E-state index in [2.05, 4.69) is 29.5 Å². The minimum absolute atomic E-state index is 0.248. The van der Waals surface area contributed by atoms with Gasteiger partial charge in [-0.05, 0) is 24.5 Å². The molecular weight excluding hydrogens is 244 g/mol. The Kier molecular flexibility index (Phi) is 4.33. The van der Waals surface area contributed by atoms with Gasteiger partial charge in [0, 0.05) is 6.54 Å². The Morgan fingerprint density at radius 3 is 3.05 bits per heavy atom. The summed E-state index contributed by atoms with van der Waals surface area (Å²) in [6, 6.07) is 3.30.